The van der Waals surface area contributed by atoms with E-state index in [9.17, 15) is 19.2 Å². The summed E-state index contributed by atoms with van der Waals surface area (Å²) in [6, 6.07) is 15.7. The Bertz CT molecular complexity index is 1190. The van der Waals surface area contributed by atoms with E-state index in [1.807, 2.05) is 66.2 Å². The highest BCUT2D eigenvalue weighted by atomic mass is 16.2. The van der Waals surface area contributed by atoms with E-state index in [0.29, 0.717) is 11.3 Å². The lowest BCUT2D eigenvalue weighted by molar-refractivity contribution is -0.143. The average molecular weight is 403 g/mol. The maximum Gasteiger partial charge on any atom is 0.334 e. The molecule has 1 aromatic heterocycles. The van der Waals surface area contributed by atoms with Gasteiger partial charge in [0.25, 0.3) is 0 Å². The maximum atomic E-state index is 13.4. The first-order valence-corrected chi connectivity index (χ1v) is 9.68. The fraction of sp³-hybridized carbons (Fsp3) is 0.217. The highest BCUT2D eigenvalue weighted by molar-refractivity contribution is 6.45. The van der Waals surface area contributed by atoms with Gasteiger partial charge in [-0.3, -0.25) is 19.3 Å². The molecule has 0 radical (unpaired) electrons. The zero-order valence-electron chi connectivity index (χ0n) is 17.0. The zero-order valence-corrected chi connectivity index (χ0v) is 17.0. The van der Waals surface area contributed by atoms with Crippen molar-refractivity contribution in [2.24, 2.45) is 7.05 Å². The lowest BCUT2D eigenvalue weighted by Gasteiger charge is -2.18. The third-order valence-corrected chi connectivity index (χ3v) is 5.34. The smallest absolute Gasteiger partial charge is 0.334 e. The Labute approximate surface area is 173 Å². The Kier molecular flexibility index (Phi) is 4.73. The minimum absolute atomic E-state index is 0.397. The number of aromatic nitrogens is 1. The molecule has 3 aromatic rings. The predicted molar refractivity (Wildman–Crippen MR) is 112 cm³/mol. The third-order valence-electron chi connectivity index (χ3n) is 5.34. The number of para-hydroxylation sites is 1. The number of carbonyl (C=O) groups excluding carboxylic acids is 4. The van der Waals surface area contributed by atoms with Gasteiger partial charge in [0.15, 0.2) is 5.78 Å². The van der Waals surface area contributed by atoms with Crippen LogP contribution >= 0.6 is 0 Å². The molecule has 152 valence electrons. The molecule has 0 atom stereocenters. The summed E-state index contributed by atoms with van der Waals surface area (Å²) in [5, 5.41) is 0.731. The van der Waals surface area contributed by atoms with Crippen molar-refractivity contribution in [2.75, 3.05) is 6.54 Å². The van der Waals surface area contributed by atoms with Crippen LogP contribution < -0.4 is 0 Å². The van der Waals surface area contributed by atoms with Crippen LogP contribution in [-0.2, 0) is 16.6 Å². The third kappa shape index (κ3) is 2.90. The molecule has 1 saturated heterocycles. The Morgan fingerprint density at radius 3 is 2.17 bits per heavy atom. The van der Waals surface area contributed by atoms with E-state index in [-0.39, 0.29) is 0 Å². The molecule has 30 heavy (non-hydrogen) atoms. The van der Waals surface area contributed by atoms with Crippen LogP contribution in [0.4, 0.5) is 4.79 Å². The number of imide groups is 2. The van der Waals surface area contributed by atoms with Crippen LogP contribution in [0.1, 0.15) is 24.2 Å². The fourth-order valence-electron chi connectivity index (χ4n) is 3.95. The molecular formula is C23H21N3O4. The number of fused-ring (bicyclic) bond motifs is 1. The van der Waals surface area contributed by atoms with Crippen molar-refractivity contribution >= 4 is 34.5 Å². The minimum atomic E-state index is -0.969. The van der Waals surface area contributed by atoms with E-state index in [1.165, 1.54) is 0 Å². The van der Waals surface area contributed by atoms with Crippen molar-refractivity contribution in [2.45, 2.75) is 19.9 Å². The number of aryl methyl sites for hydroxylation is 1. The predicted octanol–water partition coefficient (Wildman–Crippen LogP) is 3.23. The van der Waals surface area contributed by atoms with E-state index >= 15 is 0 Å². The molecule has 0 saturated carbocycles. The number of benzene rings is 2. The monoisotopic (exact) mass is 403 g/mol. The Hall–Kier alpha value is -3.74. The molecule has 2 aromatic carbocycles. The van der Waals surface area contributed by atoms with Crippen molar-refractivity contribution < 1.29 is 19.2 Å². The summed E-state index contributed by atoms with van der Waals surface area (Å²) < 4.78 is 1.93. The number of hydrogen-bond donors (Lipinski definition) is 0. The molecule has 2 heterocycles. The van der Waals surface area contributed by atoms with Gasteiger partial charge >= 0.3 is 17.8 Å². The van der Waals surface area contributed by atoms with Gasteiger partial charge in [0, 0.05) is 24.0 Å². The van der Waals surface area contributed by atoms with Gasteiger partial charge in [0.05, 0.1) is 17.8 Å². The number of ketones is 1. The van der Waals surface area contributed by atoms with Gasteiger partial charge in [-0.15, -0.1) is 0 Å². The van der Waals surface area contributed by atoms with E-state index in [0.717, 1.165) is 26.3 Å². The number of Topliss-reactive ketones (excluding diaryl/α,β-unsaturated/α-hetero) is 1. The van der Waals surface area contributed by atoms with E-state index in [1.54, 1.807) is 13.8 Å². The first-order chi connectivity index (χ1) is 14.3. The van der Waals surface area contributed by atoms with Crippen LogP contribution in [0, 0.1) is 0 Å². The number of rotatable bonds is 5. The van der Waals surface area contributed by atoms with Crippen LogP contribution in [0.5, 0.6) is 0 Å². The Balaban J connectivity index is 1.80. The minimum Gasteiger partial charge on any atom is -0.343 e. The Morgan fingerprint density at radius 2 is 1.53 bits per heavy atom. The van der Waals surface area contributed by atoms with Gasteiger partial charge in [-0.05, 0) is 25.5 Å². The van der Waals surface area contributed by atoms with Crippen LogP contribution in [0.3, 0.4) is 0 Å². The van der Waals surface area contributed by atoms with Crippen LogP contribution in [-0.4, -0.2) is 50.6 Å². The van der Waals surface area contributed by atoms with Gasteiger partial charge in [0.1, 0.15) is 0 Å². The molecule has 7 nitrogen and oxygen atoms in total. The summed E-state index contributed by atoms with van der Waals surface area (Å²) in [6.45, 7) is 2.81. The highest BCUT2D eigenvalue weighted by Crippen LogP contribution is 2.33. The molecule has 7 heteroatoms. The van der Waals surface area contributed by atoms with Crippen molar-refractivity contribution in [3.63, 3.8) is 0 Å². The first kappa shape index (κ1) is 19.6. The van der Waals surface area contributed by atoms with E-state index in [4.69, 9.17) is 0 Å². The lowest BCUT2D eigenvalue weighted by atomic mass is 10.0. The van der Waals surface area contributed by atoms with Crippen molar-refractivity contribution in [3.05, 3.63) is 60.2 Å². The summed E-state index contributed by atoms with van der Waals surface area (Å²) in [5.74, 6) is -2.27. The van der Waals surface area contributed by atoms with Crippen LogP contribution in [0.2, 0.25) is 0 Å². The number of urea groups is 1. The molecule has 4 rings (SSSR count). The topological polar surface area (TPSA) is 79.7 Å². The van der Waals surface area contributed by atoms with E-state index < -0.39 is 36.2 Å². The van der Waals surface area contributed by atoms with Gasteiger partial charge in [-0.1, -0.05) is 48.5 Å². The lowest BCUT2D eigenvalue weighted by Crippen LogP contribution is -2.39. The summed E-state index contributed by atoms with van der Waals surface area (Å²) in [6.07, 6.45) is 0. The summed E-state index contributed by atoms with van der Waals surface area (Å²) in [7, 11) is 1.87. The van der Waals surface area contributed by atoms with Crippen molar-refractivity contribution in [1.29, 1.82) is 0 Å². The summed E-state index contributed by atoms with van der Waals surface area (Å²) in [4.78, 5) is 52.2. The molecule has 0 N–H and O–H groups in total. The molecule has 0 spiro atoms. The normalized spacial score (nSPS) is 14.5. The standard InChI is InChI=1S/C23H21N3O4/c1-14(2)26-22(29)21(28)25(23(26)30)13-18(27)19-16-11-7-8-12-17(16)24(3)20(19)15-9-5-4-6-10-15/h4-12,14H,13H2,1-3H3. The van der Waals surface area contributed by atoms with E-state index in [2.05, 4.69) is 0 Å². The molecule has 4 amide bonds. The highest BCUT2D eigenvalue weighted by Gasteiger charge is 2.46. The quantitative estimate of drug-likeness (QED) is 0.372. The van der Waals surface area contributed by atoms with Crippen molar-refractivity contribution in [3.8, 4) is 11.3 Å². The second kappa shape index (κ2) is 7.26. The van der Waals surface area contributed by atoms with Crippen molar-refractivity contribution in [1.82, 2.24) is 14.4 Å². The molecule has 1 aliphatic heterocycles. The van der Waals surface area contributed by atoms with Gasteiger partial charge < -0.3 is 4.57 Å². The fourth-order valence-corrected chi connectivity index (χ4v) is 3.95. The molecule has 0 aliphatic carbocycles. The second-order valence-electron chi connectivity index (χ2n) is 7.53. The Morgan fingerprint density at radius 1 is 0.900 bits per heavy atom. The maximum absolute atomic E-state index is 13.4. The van der Waals surface area contributed by atoms with Crippen LogP contribution in [0.15, 0.2) is 54.6 Å². The zero-order chi connectivity index (χ0) is 21.6. The van der Waals surface area contributed by atoms with Crippen LogP contribution in [0.25, 0.3) is 22.2 Å². The molecular weight excluding hydrogens is 382 g/mol. The summed E-state index contributed by atoms with van der Waals surface area (Å²) in [5.41, 5.74) is 2.83. The van der Waals surface area contributed by atoms with Gasteiger partial charge in [-0.2, -0.15) is 0 Å². The number of hydrogen-bond acceptors (Lipinski definition) is 4. The number of nitrogens with zero attached hydrogens (tertiary/aromatic N) is 3. The SMILES string of the molecule is CC(C)N1C(=O)C(=O)N(CC(=O)c2c(-c3ccccc3)n(C)c3ccccc23)C1=O. The van der Waals surface area contributed by atoms with Gasteiger partial charge in [-0.25, -0.2) is 9.69 Å². The average Bonchev–Trinajstić information content (AvgIpc) is 3.15. The molecule has 0 bridgehead atoms. The molecule has 0 unspecified atom stereocenters. The van der Waals surface area contributed by atoms with Gasteiger partial charge in [0.2, 0.25) is 0 Å². The number of amides is 4. The first-order valence-electron chi connectivity index (χ1n) is 9.68. The second-order valence-corrected chi connectivity index (χ2v) is 7.53. The molecule has 1 fully saturated rings. The largest absolute Gasteiger partial charge is 0.343 e. The number of carbonyl (C=O) groups is 4. The molecule has 1 aliphatic rings. The summed E-state index contributed by atoms with van der Waals surface area (Å²) >= 11 is 0.